The molecule has 0 bridgehead atoms. The minimum Gasteiger partial charge on any atom is -0.376 e. The molecule has 1 atom stereocenters. The van der Waals surface area contributed by atoms with Gasteiger partial charge in [-0.05, 0) is 37.5 Å². The molecule has 1 aliphatic rings. The summed E-state index contributed by atoms with van der Waals surface area (Å²) >= 11 is 0. The highest BCUT2D eigenvalue weighted by molar-refractivity contribution is 5.97. The topological polar surface area (TPSA) is 79.5 Å². The summed E-state index contributed by atoms with van der Waals surface area (Å²) in [5.74, 6) is -0.861. The van der Waals surface area contributed by atoms with Crippen molar-refractivity contribution in [3.8, 4) is 0 Å². The molecule has 0 aromatic heterocycles. The van der Waals surface area contributed by atoms with Gasteiger partial charge in [-0.2, -0.15) is 13.2 Å². The average Bonchev–Trinajstić information content (AvgIpc) is 3.05. The molecule has 0 aliphatic carbocycles. The first-order valence-corrected chi connectivity index (χ1v) is 7.86. The fraction of sp³-hybridized carbons (Fsp3) is 0.500. The van der Waals surface area contributed by atoms with E-state index in [2.05, 4.69) is 10.6 Å². The van der Waals surface area contributed by atoms with Crippen molar-refractivity contribution in [1.29, 1.82) is 0 Å². The molecule has 1 aromatic carbocycles. The summed E-state index contributed by atoms with van der Waals surface area (Å²) in [4.78, 5) is 23.7. The number of aryl methyl sites for hydroxylation is 1. The summed E-state index contributed by atoms with van der Waals surface area (Å²) in [6, 6.07) is 3.83. The Hall–Kier alpha value is -2.29. The number of rotatable bonds is 5. The van der Waals surface area contributed by atoms with Crippen LogP contribution in [0.4, 0.5) is 23.7 Å². The summed E-state index contributed by atoms with van der Waals surface area (Å²) in [7, 11) is 0. The second-order valence-corrected chi connectivity index (χ2v) is 5.80. The lowest BCUT2D eigenvalue weighted by Gasteiger charge is -2.14. The van der Waals surface area contributed by atoms with Crippen molar-refractivity contribution in [3.05, 3.63) is 29.3 Å². The Bertz CT molecular complexity index is 629. The van der Waals surface area contributed by atoms with Crippen molar-refractivity contribution in [1.82, 2.24) is 10.6 Å². The molecule has 1 saturated heterocycles. The van der Waals surface area contributed by atoms with Gasteiger partial charge in [0.15, 0.2) is 0 Å². The first-order chi connectivity index (χ1) is 11.7. The molecule has 9 heteroatoms. The third-order valence-corrected chi connectivity index (χ3v) is 3.71. The number of carbonyl (C=O) groups is 2. The maximum Gasteiger partial charge on any atom is 0.405 e. The van der Waals surface area contributed by atoms with Gasteiger partial charge in [-0.3, -0.25) is 4.79 Å². The van der Waals surface area contributed by atoms with Gasteiger partial charge >= 0.3 is 12.2 Å². The number of benzene rings is 1. The number of ether oxygens (including phenoxy) is 1. The van der Waals surface area contributed by atoms with E-state index in [-0.39, 0.29) is 11.7 Å². The van der Waals surface area contributed by atoms with E-state index in [0.29, 0.717) is 24.4 Å². The zero-order valence-corrected chi connectivity index (χ0v) is 13.7. The molecule has 2 rings (SSSR count). The molecule has 0 saturated carbocycles. The molecule has 0 spiro atoms. The second kappa shape index (κ2) is 8.19. The molecule has 1 heterocycles. The number of nitrogens with one attached hydrogen (secondary N) is 3. The third-order valence-electron chi connectivity index (χ3n) is 3.71. The second-order valence-electron chi connectivity index (χ2n) is 5.80. The van der Waals surface area contributed by atoms with Gasteiger partial charge in [-0.15, -0.1) is 0 Å². The summed E-state index contributed by atoms with van der Waals surface area (Å²) in [5, 5.41) is 7.06. The van der Waals surface area contributed by atoms with Gasteiger partial charge < -0.3 is 20.7 Å². The molecule has 138 valence electrons. The molecule has 1 aliphatic heterocycles. The van der Waals surface area contributed by atoms with Crippen LogP contribution in [0.3, 0.4) is 0 Å². The third kappa shape index (κ3) is 6.26. The summed E-state index contributed by atoms with van der Waals surface area (Å²) in [6.07, 6.45) is -2.65. The van der Waals surface area contributed by atoms with Crippen LogP contribution < -0.4 is 16.0 Å². The van der Waals surface area contributed by atoms with E-state index in [1.807, 2.05) is 0 Å². The van der Waals surface area contributed by atoms with Crippen LogP contribution in [0, 0.1) is 6.92 Å². The molecular formula is C16H20F3N3O3. The smallest absolute Gasteiger partial charge is 0.376 e. The van der Waals surface area contributed by atoms with Crippen LogP contribution in [0.2, 0.25) is 0 Å². The fourth-order valence-electron chi connectivity index (χ4n) is 2.36. The lowest BCUT2D eigenvalue weighted by atomic mass is 10.1. The van der Waals surface area contributed by atoms with E-state index in [1.165, 1.54) is 12.1 Å². The Balaban J connectivity index is 1.93. The highest BCUT2D eigenvalue weighted by Gasteiger charge is 2.28. The van der Waals surface area contributed by atoms with Crippen LogP contribution in [-0.4, -0.2) is 43.9 Å². The molecular weight excluding hydrogens is 339 g/mol. The van der Waals surface area contributed by atoms with Crippen molar-refractivity contribution in [3.63, 3.8) is 0 Å². The predicted octanol–water partition coefficient (Wildman–Crippen LogP) is 2.59. The predicted molar refractivity (Wildman–Crippen MR) is 85.6 cm³/mol. The molecule has 1 aromatic rings. The molecule has 0 radical (unpaired) electrons. The Morgan fingerprint density at radius 2 is 2.04 bits per heavy atom. The van der Waals surface area contributed by atoms with E-state index in [4.69, 9.17) is 4.74 Å². The van der Waals surface area contributed by atoms with Crippen molar-refractivity contribution >= 4 is 17.6 Å². The average molecular weight is 359 g/mol. The van der Waals surface area contributed by atoms with Gasteiger partial charge in [0.25, 0.3) is 5.91 Å². The summed E-state index contributed by atoms with van der Waals surface area (Å²) < 4.78 is 41.9. The number of carbonyl (C=O) groups excluding carboxylic acids is 2. The zero-order valence-electron chi connectivity index (χ0n) is 13.7. The highest BCUT2D eigenvalue weighted by Crippen LogP contribution is 2.18. The lowest BCUT2D eigenvalue weighted by Crippen LogP contribution is -2.35. The minimum absolute atomic E-state index is 0.00803. The van der Waals surface area contributed by atoms with Crippen LogP contribution in [0.15, 0.2) is 18.2 Å². The number of hydrogen-bond donors (Lipinski definition) is 3. The Labute approximate surface area is 143 Å². The van der Waals surface area contributed by atoms with Crippen molar-refractivity contribution in [2.24, 2.45) is 0 Å². The number of anilines is 1. The lowest BCUT2D eigenvalue weighted by molar-refractivity contribution is -0.123. The molecule has 3 N–H and O–H groups in total. The largest absolute Gasteiger partial charge is 0.405 e. The minimum atomic E-state index is -4.48. The normalized spacial score (nSPS) is 17.2. The molecule has 3 amide bonds. The van der Waals surface area contributed by atoms with Gasteiger partial charge in [0.1, 0.15) is 6.54 Å². The van der Waals surface area contributed by atoms with Crippen LogP contribution in [-0.2, 0) is 4.74 Å². The number of alkyl halides is 3. The van der Waals surface area contributed by atoms with Crippen molar-refractivity contribution in [2.45, 2.75) is 32.0 Å². The summed E-state index contributed by atoms with van der Waals surface area (Å²) in [5.41, 5.74) is 1.06. The number of halogens is 3. The molecule has 1 unspecified atom stereocenters. The van der Waals surface area contributed by atoms with Gasteiger partial charge in [-0.1, -0.05) is 6.07 Å². The Kier molecular flexibility index (Phi) is 6.24. The molecule has 25 heavy (non-hydrogen) atoms. The van der Waals surface area contributed by atoms with Gasteiger partial charge in [0.2, 0.25) is 0 Å². The maximum atomic E-state index is 12.2. The number of amides is 3. The molecule has 1 fully saturated rings. The first kappa shape index (κ1) is 19.0. The van der Waals surface area contributed by atoms with E-state index in [9.17, 15) is 22.8 Å². The van der Waals surface area contributed by atoms with Gasteiger partial charge in [0.05, 0.1) is 6.10 Å². The Morgan fingerprint density at radius 1 is 1.28 bits per heavy atom. The van der Waals surface area contributed by atoms with E-state index >= 15 is 0 Å². The van der Waals surface area contributed by atoms with Crippen LogP contribution in [0.5, 0.6) is 0 Å². The number of urea groups is 1. The number of hydrogen-bond acceptors (Lipinski definition) is 3. The summed E-state index contributed by atoms with van der Waals surface area (Å²) in [6.45, 7) is 1.36. The zero-order chi connectivity index (χ0) is 18.4. The first-order valence-electron chi connectivity index (χ1n) is 7.86. The van der Waals surface area contributed by atoms with Crippen LogP contribution in [0.1, 0.15) is 28.8 Å². The van der Waals surface area contributed by atoms with Crippen LogP contribution in [0.25, 0.3) is 0 Å². The Morgan fingerprint density at radius 3 is 2.68 bits per heavy atom. The molecule has 6 nitrogen and oxygen atoms in total. The van der Waals surface area contributed by atoms with E-state index in [1.54, 1.807) is 18.3 Å². The van der Waals surface area contributed by atoms with E-state index < -0.39 is 24.7 Å². The highest BCUT2D eigenvalue weighted by atomic mass is 19.4. The van der Waals surface area contributed by atoms with E-state index in [0.717, 1.165) is 12.8 Å². The van der Waals surface area contributed by atoms with Crippen molar-refractivity contribution < 1.29 is 27.5 Å². The standard InChI is InChI=1S/C16H20F3N3O3/c1-10-4-5-11(14(23)21-9-16(17,18)19)7-13(10)22-15(24)20-8-12-3-2-6-25-12/h4-5,7,12H,2-3,6,8-9H2,1H3,(H,21,23)(H2,20,22,24). The fourth-order valence-corrected chi connectivity index (χ4v) is 2.36. The van der Waals surface area contributed by atoms with Crippen molar-refractivity contribution in [2.75, 3.05) is 25.0 Å². The van der Waals surface area contributed by atoms with Gasteiger partial charge in [-0.25, -0.2) is 4.79 Å². The quantitative estimate of drug-likeness (QED) is 0.756. The van der Waals surface area contributed by atoms with Crippen LogP contribution >= 0.6 is 0 Å². The van der Waals surface area contributed by atoms with Gasteiger partial charge in [0, 0.05) is 24.4 Å². The monoisotopic (exact) mass is 359 g/mol. The maximum absolute atomic E-state index is 12.2. The SMILES string of the molecule is Cc1ccc(C(=O)NCC(F)(F)F)cc1NC(=O)NCC1CCCO1.